The Morgan fingerprint density at radius 3 is 2.47 bits per heavy atom. The molecule has 0 saturated carbocycles. The van der Waals surface area contributed by atoms with Crippen LogP contribution in [0.2, 0.25) is 5.02 Å². The van der Waals surface area contributed by atoms with E-state index in [1.807, 2.05) is 73.0 Å². The highest BCUT2D eigenvalue weighted by Crippen LogP contribution is 2.24. The summed E-state index contributed by atoms with van der Waals surface area (Å²) in [6, 6.07) is 16.7. The second kappa shape index (κ2) is 7.84. The minimum Gasteiger partial charge on any atom is -0.451 e. The lowest BCUT2D eigenvalue weighted by Gasteiger charge is -2.13. The smallest absolute Gasteiger partial charge is 0.341 e. The summed E-state index contributed by atoms with van der Waals surface area (Å²) in [5.41, 5.74) is 4.40. The van der Waals surface area contributed by atoms with Gasteiger partial charge in [0.1, 0.15) is 0 Å². The van der Waals surface area contributed by atoms with Crippen LogP contribution < -0.4 is 0 Å². The molecule has 0 fully saturated rings. The van der Waals surface area contributed by atoms with Crippen LogP contribution in [0.25, 0.3) is 16.6 Å². The number of H-pyrrole nitrogens is 1. The number of esters is 1. The van der Waals surface area contributed by atoms with Gasteiger partial charge in [-0.05, 0) is 57.2 Å². The van der Waals surface area contributed by atoms with Crippen LogP contribution in [0.15, 0.2) is 60.8 Å². The summed E-state index contributed by atoms with van der Waals surface area (Å²) in [5.74, 6) is -0.767. The fourth-order valence-corrected chi connectivity index (χ4v) is 3.86. The number of nitrogens with one attached hydrogen (secondary N) is 1. The van der Waals surface area contributed by atoms with Crippen LogP contribution in [0.5, 0.6) is 0 Å². The first-order chi connectivity index (χ1) is 14.4. The van der Waals surface area contributed by atoms with Crippen LogP contribution in [0.3, 0.4) is 0 Å². The molecule has 0 aliphatic carbocycles. The van der Waals surface area contributed by atoms with Gasteiger partial charge in [-0.3, -0.25) is 4.79 Å². The zero-order valence-electron chi connectivity index (χ0n) is 16.9. The summed E-state index contributed by atoms with van der Waals surface area (Å²) in [6.45, 7) is 5.41. The lowest BCUT2D eigenvalue weighted by Crippen LogP contribution is -2.24. The van der Waals surface area contributed by atoms with Gasteiger partial charge in [-0.25, -0.2) is 4.79 Å². The molecule has 0 radical (unpaired) electrons. The van der Waals surface area contributed by atoms with E-state index in [-0.39, 0.29) is 5.78 Å². The Balaban J connectivity index is 1.58. The third kappa shape index (κ3) is 3.53. The molecule has 1 N–H and O–H groups in total. The highest BCUT2D eigenvalue weighted by molar-refractivity contribution is 6.30. The van der Waals surface area contributed by atoms with Gasteiger partial charge >= 0.3 is 5.97 Å². The molecule has 0 bridgehead atoms. The van der Waals surface area contributed by atoms with E-state index < -0.39 is 12.1 Å². The van der Waals surface area contributed by atoms with Crippen LogP contribution >= 0.6 is 11.6 Å². The predicted octanol–water partition coefficient (Wildman–Crippen LogP) is 5.66. The quantitative estimate of drug-likeness (QED) is 0.335. The molecule has 0 saturated heterocycles. The first-order valence-electron chi connectivity index (χ1n) is 9.63. The molecule has 30 heavy (non-hydrogen) atoms. The molecule has 2 aromatic carbocycles. The van der Waals surface area contributed by atoms with Gasteiger partial charge in [-0.1, -0.05) is 29.8 Å². The molecule has 1 atom stereocenters. The number of nitrogens with zero attached hydrogens (tertiary/aromatic N) is 1. The monoisotopic (exact) mass is 420 g/mol. The van der Waals surface area contributed by atoms with Crippen molar-refractivity contribution in [3.8, 4) is 5.69 Å². The largest absolute Gasteiger partial charge is 0.451 e. The maximum Gasteiger partial charge on any atom is 0.341 e. The Bertz CT molecular complexity index is 1250. The van der Waals surface area contributed by atoms with Gasteiger partial charge in [0.05, 0.1) is 5.56 Å². The van der Waals surface area contributed by atoms with E-state index in [1.54, 1.807) is 13.1 Å². The number of hydrogen-bond acceptors (Lipinski definition) is 3. The van der Waals surface area contributed by atoms with E-state index >= 15 is 0 Å². The number of para-hydroxylation sites is 1. The third-order valence-corrected chi connectivity index (χ3v) is 5.50. The Morgan fingerprint density at radius 1 is 1.03 bits per heavy atom. The van der Waals surface area contributed by atoms with Crippen molar-refractivity contribution in [2.75, 3.05) is 0 Å². The van der Waals surface area contributed by atoms with Gasteiger partial charge < -0.3 is 14.3 Å². The molecule has 4 rings (SSSR count). The number of hydrogen-bond donors (Lipinski definition) is 1. The molecular formula is C24H21ClN2O3. The van der Waals surface area contributed by atoms with Crippen LogP contribution in [0, 0.1) is 13.8 Å². The summed E-state index contributed by atoms with van der Waals surface area (Å²) in [4.78, 5) is 28.8. The lowest BCUT2D eigenvalue weighted by molar-refractivity contribution is 0.0320. The van der Waals surface area contributed by atoms with Crippen molar-refractivity contribution in [3.05, 3.63) is 88.3 Å². The average molecular weight is 421 g/mol. The molecule has 0 amide bonds. The number of aromatic amines is 1. The topological polar surface area (TPSA) is 64.1 Å². The molecule has 0 unspecified atom stereocenters. The molecule has 2 aromatic heterocycles. The second-order valence-corrected chi connectivity index (χ2v) is 7.69. The number of rotatable bonds is 5. The number of aryl methyl sites for hydroxylation is 1. The number of benzene rings is 2. The maximum absolute atomic E-state index is 13.1. The van der Waals surface area contributed by atoms with Crippen molar-refractivity contribution in [2.24, 2.45) is 0 Å². The van der Waals surface area contributed by atoms with Crippen LogP contribution in [-0.2, 0) is 4.74 Å². The van der Waals surface area contributed by atoms with Crippen molar-refractivity contribution >= 4 is 34.3 Å². The number of Topliss-reactive ketones (excluding diaryl/α,β-unsaturated/α-hetero) is 1. The Labute approximate surface area is 179 Å². The number of carbonyl (C=O) groups excluding carboxylic acids is 2. The lowest BCUT2D eigenvalue weighted by atomic mass is 10.1. The molecule has 0 spiro atoms. The van der Waals surface area contributed by atoms with E-state index in [0.29, 0.717) is 16.1 Å². The maximum atomic E-state index is 13.1. The van der Waals surface area contributed by atoms with E-state index in [9.17, 15) is 9.59 Å². The molecule has 0 aliphatic rings. The molecular weight excluding hydrogens is 400 g/mol. The molecule has 2 heterocycles. The minimum atomic E-state index is -0.912. The molecule has 0 aliphatic heterocycles. The van der Waals surface area contributed by atoms with E-state index in [1.165, 1.54) is 0 Å². The average Bonchev–Trinajstić information content (AvgIpc) is 3.29. The highest BCUT2D eigenvalue weighted by Gasteiger charge is 2.25. The van der Waals surface area contributed by atoms with E-state index in [4.69, 9.17) is 16.3 Å². The standard InChI is InChI=1S/C24H21ClN2O3/c1-14-12-20(15(2)27(14)18-10-8-17(25)9-11-18)23(28)16(3)30-24(29)21-13-26-22-7-5-4-6-19(21)22/h4-13,16,26H,1-3H3/t16-/m0/s1. The third-order valence-electron chi connectivity index (χ3n) is 5.24. The molecule has 6 heteroatoms. The van der Waals surface area contributed by atoms with Crippen molar-refractivity contribution in [2.45, 2.75) is 26.9 Å². The van der Waals surface area contributed by atoms with E-state index in [2.05, 4.69) is 4.98 Å². The van der Waals surface area contributed by atoms with Crippen molar-refractivity contribution in [1.82, 2.24) is 9.55 Å². The fraction of sp³-hybridized carbons (Fsp3) is 0.167. The Kier molecular flexibility index (Phi) is 5.22. The molecule has 152 valence electrons. The van der Waals surface area contributed by atoms with Crippen molar-refractivity contribution in [3.63, 3.8) is 0 Å². The number of aromatic nitrogens is 2. The SMILES string of the molecule is Cc1cc(C(=O)[C@H](C)OC(=O)c2c[nH]c3ccccc23)c(C)n1-c1ccc(Cl)cc1. The minimum absolute atomic E-state index is 0.239. The van der Waals surface area contributed by atoms with Gasteiger partial charge in [0.25, 0.3) is 0 Å². The summed E-state index contributed by atoms with van der Waals surface area (Å²) >= 11 is 5.99. The van der Waals surface area contributed by atoms with Crippen molar-refractivity contribution < 1.29 is 14.3 Å². The van der Waals surface area contributed by atoms with Crippen LogP contribution in [0.1, 0.15) is 39.0 Å². The van der Waals surface area contributed by atoms with E-state index in [0.717, 1.165) is 28.0 Å². The zero-order chi connectivity index (χ0) is 21.4. The molecule has 4 aromatic rings. The fourth-order valence-electron chi connectivity index (χ4n) is 3.74. The zero-order valence-corrected chi connectivity index (χ0v) is 17.7. The Morgan fingerprint density at radius 2 is 1.73 bits per heavy atom. The summed E-state index contributed by atoms with van der Waals surface area (Å²) in [6.07, 6.45) is 0.696. The molecule has 5 nitrogen and oxygen atoms in total. The second-order valence-electron chi connectivity index (χ2n) is 7.26. The van der Waals surface area contributed by atoms with Crippen LogP contribution in [-0.4, -0.2) is 27.4 Å². The first kappa shape index (κ1) is 20.0. The van der Waals surface area contributed by atoms with Gasteiger partial charge in [0.15, 0.2) is 6.10 Å². The van der Waals surface area contributed by atoms with Gasteiger partial charge in [-0.15, -0.1) is 0 Å². The summed E-state index contributed by atoms with van der Waals surface area (Å²) < 4.78 is 7.49. The normalized spacial score (nSPS) is 12.1. The first-order valence-corrected chi connectivity index (χ1v) is 10.0. The van der Waals surface area contributed by atoms with Crippen molar-refractivity contribution in [1.29, 1.82) is 0 Å². The Hall–Kier alpha value is -3.31. The number of fused-ring (bicyclic) bond motifs is 1. The number of ether oxygens (including phenoxy) is 1. The van der Waals surface area contributed by atoms with Gasteiger partial charge in [0.2, 0.25) is 5.78 Å². The van der Waals surface area contributed by atoms with Gasteiger partial charge in [-0.2, -0.15) is 0 Å². The van der Waals surface area contributed by atoms with Crippen LogP contribution in [0.4, 0.5) is 0 Å². The number of carbonyl (C=O) groups is 2. The summed E-state index contributed by atoms with van der Waals surface area (Å²) in [5, 5.41) is 1.42. The van der Waals surface area contributed by atoms with Gasteiger partial charge in [0, 0.05) is 44.8 Å². The number of ketones is 1. The predicted molar refractivity (Wildman–Crippen MR) is 118 cm³/mol. The summed E-state index contributed by atoms with van der Waals surface area (Å²) in [7, 11) is 0. The number of halogens is 1. The highest BCUT2D eigenvalue weighted by atomic mass is 35.5.